The number of thiazole rings is 1. The molecular formula is C19H17NO4S. The smallest absolute Gasteiger partial charge is 0.339 e. The average molecular weight is 355 g/mol. The zero-order valence-electron chi connectivity index (χ0n) is 13.9. The van der Waals surface area contributed by atoms with Crippen LogP contribution >= 0.6 is 11.3 Å². The summed E-state index contributed by atoms with van der Waals surface area (Å²) in [5.41, 5.74) is 2.48. The van der Waals surface area contributed by atoms with Crippen LogP contribution in [-0.4, -0.2) is 23.2 Å². The number of nitrogens with zero attached hydrogens (tertiary/aromatic N) is 1. The van der Waals surface area contributed by atoms with Gasteiger partial charge in [0.05, 0.1) is 17.8 Å². The van der Waals surface area contributed by atoms with Crippen molar-refractivity contribution in [2.75, 3.05) is 7.11 Å². The van der Waals surface area contributed by atoms with Crippen molar-refractivity contribution in [3.63, 3.8) is 0 Å². The van der Waals surface area contributed by atoms with E-state index in [0.29, 0.717) is 11.5 Å². The molecule has 1 N–H and O–H groups in total. The maximum absolute atomic E-state index is 11.6. The lowest BCUT2D eigenvalue weighted by Crippen LogP contribution is -2.04. The predicted octanol–water partition coefficient (Wildman–Crippen LogP) is 4.40. The van der Waals surface area contributed by atoms with Crippen molar-refractivity contribution >= 4 is 17.3 Å². The summed E-state index contributed by atoms with van der Waals surface area (Å²) in [5.74, 6) is -0.0214. The van der Waals surface area contributed by atoms with Gasteiger partial charge < -0.3 is 14.6 Å². The molecular weight excluding hydrogens is 338 g/mol. The molecule has 0 bridgehead atoms. The number of carbonyl (C=O) groups is 1. The first-order valence-corrected chi connectivity index (χ1v) is 8.51. The van der Waals surface area contributed by atoms with Crippen molar-refractivity contribution in [1.82, 2.24) is 4.98 Å². The maximum atomic E-state index is 11.6. The van der Waals surface area contributed by atoms with Crippen molar-refractivity contribution in [3.8, 4) is 22.8 Å². The minimum atomic E-state index is -1.04. The average Bonchev–Trinajstić information content (AvgIpc) is 3.06. The van der Waals surface area contributed by atoms with Gasteiger partial charge in [0.1, 0.15) is 23.7 Å². The van der Waals surface area contributed by atoms with Crippen LogP contribution < -0.4 is 9.47 Å². The summed E-state index contributed by atoms with van der Waals surface area (Å²) in [7, 11) is 1.59. The lowest BCUT2D eigenvalue weighted by atomic mass is 10.1. The van der Waals surface area contributed by atoms with E-state index in [1.807, 2.05) is 42.6 Å². The third kappa shape index (κ3) is 3.80. The molecule has 6 heteroatoms. The van der Waals surface area contributed by atoms with Gasteiger partial charge in [0.25, 0.3) is 0 Å². The van der Waals surface area contributed by atoms with Crippen LogP contribution in [0, 0.1) is 6.92 Å². The van der Waals surface area contributed by atoms with Gasteiger partial charge in [0, 0.05) is 16.5 Å². The van der Waals surface area contributed by atoms with Gasteiger partial charge in [-0.15, -0.1) is 11.3 Å². The van der Waals surface area contributed by atoms with Crippen molar-refractivity contribution in [1.29, 1.82) is 0 Å². The van der Waals surface area contributed by atoms with E-state index in [-0.39, 0.29) is 12.2 Å². The Balaban J connectivity index is 1.87. The van der Waals surface area contributed by atoms with Crippen LogP contribution in [0.2, 0.25) is 0 Å². The molecule has 0 unspecified atom stereocenters. The molecule has 0 spiro atoms. The molecule has 0 saturated heterocycles. The number of aromatic nitrogens is 1. The van der Waals surface area contributed by atoms with Crippen LogP contribution in [0.5, 0.6) is 11.5 Å². The quantitative estimate of drug-likeness (QED) is 0.709. The molecule has 0 aliphatic carbocycles. The van der Waals surface area contributed by atoms with Gasteiger partial charge in [-0.05, 0) is 31.2 Å². The SMILES string of the molecule is COc1ccccc1COc1ccc(-c2csc(C)n2)cc1C(=O)O. The minimum absolute atomic E-state index is 0.109. The predicted molar refractivity (Wildman–Crippen MR) is 96.6 cm³/mol. The van der Waals surface area contributed by atoms with E-state index < -0.39 is 5.97 Å². The summed E-state index contributed by atoms with van der Waals surface area (Å²) in [6.45, 7) is 2.14. The first-order chi connectivity index (χ1) is 12.1. The third-order valence-corrected chi connectivity index (χ3v) is 4.47. The summed E-state index contributed by atoms with van der Waals surface area (Å²) in [6, 6.07) is 12.6. The van der Waals surface area contributed by atoms with Crippen LogP contribution in [0.15, 0.2) is 47.8 Å². The zero-order valence-corrected chi connectivity index (χ0v) is 14.7. The lowest BCUT2D eigenvalue weighted by molar-refractivity contribution is 0.0692. The summed E-state index contributed by atoms with van der Waals surface area (Å²) < 4.78 is 11.0. The Hall–Kier alpha value is -2.86. The van der Waals surface area contributed by atoms with Gasteiger partial charge in [-0.2, -0.15) is 0 Å². The number of carboxylic acids is 1. The Bertz CT molecular complexity index is 904. The number of benzene rings is 2. The number of aromatic carboxylic acids is 1. The number of hydrogen-bond acceptors (Lipinski definition) is 5. The lowest BCUT2D eigenvalue weighted by Gasteiger charge is -2.12. The third-order valence-electron chi connectivity index (χ3n) is 3.70. The molecule has 2 aromatic carbocycles. The monoisotopic (exact) mass is 355 g/mol. The number of para-hydroxylation sites is 1. The molecule has 25 heavy (non-hydrogen) atoms. The highest BCUT2D eigenvalue weighted by molar-refractivity contribution is 7.09. The van der Waals surface area contributed by atoms with Crippen LogP contribution in [0.25, 0.3) is 11.3 Å². The Morgan fingerprint density at radius 2 is 2.00 bits per heavy atom. The van der Waals surface area contributed by atoms with Crippen LogP contribution in [0.4, 0.5) is 0 Å². The van der Waals surface area contributed by atoms with E-state index in [4.69, 9.17) is 9.47 Å². The van der Waals surface area contributed by atoms with E-state index in [9.17, 15) is 9.90 Å². The second kappa shape index (κ2) is 7.36. The van der Waals surface area contributed by atoms with Gasteiger partial charge in [-0.1, -0.05) is 18.2 Å². The Labute approximate surface area is 149 Å². The normalized spacial score (nSPS) is 10.5. The van der Waals surface area contributed by atoms with Gasteiger partial charge in [-0.3, -0.25) is 0 Å². The molecule has 1 aromatic heterocycles. The fraction of sp³-hybridized carbons (Fsp3) is 0.158. The molecule has 0 saturated carbocycles. The number of methoxy groups -OCH3 is 1. The number of hydrogen-bond donors (Lipinski definition) is 1. The molecule has 1 heterocycles. The van der Waals surface area contributed by atoms with Crippen LogP contribution in [0.3, 0.4) is 0 Å². The fourth-order valence-electron chi connectivity index (χ4n) is 2.46. The summed E-state index contributed by atoms with van der Waals surface area (Å²) >= 11 is 1.53. The first-order valence-electron chi connectivity index (χ1n) is 7.63. The molecule has 3 aromatic rings. The van der Waals surface area contributed by atoms with Crippen molar-refractivity contribution in [2.45, 2.75) is 13.5 Å². The fourth-order valence-corrected chi connectivity index (χ4v) is 3.08. The molecule has 0 radical (unpaired) electrons. The second-order valence-corrected chi connectivity index (χ2v) is 6.43. The highest BCUT2D eigenvalue weighted by Gasteiger charge is 2.15. The van der Waals surface area contributed by atoms with E-state index in [2.05, 4.69) is 4.98 Å². The van der Waals surface area contributed by atoms with Gasteiger partial charge in [-0.25, -0.2) is 9.78 Å². The molecule has 0 atom stereocenters. The van der Waals surface area contributed by atoms with E-state index in [0.717, 1.165) is 21.8 Å². The van der Waals surface area contributed by atoms with Gasteiger partial charge in [0.15, 0.2) is 0 Å². The Morgan fingerprint density at radius 1 is 1.20 bits per heavy atom. The second-order valence-electron chi connectivity index (χ2n) is 5.37. The number of ether oxygens (including phenoxy) is 2. The minimum Gasteiger partial charge on any atom is -0.496 e. The Kier molecular flexibility index (Phi) is 5.00. The maximum Gasteiger partial charge on any atom is 0.339 e. The topological polar surface area (TPSA) is 68.7 Å². The van der Waals surface area contributed by atoms with E-state index in [1.165, 1.54) is 11.3 Å². The van der Waals surface area contributed by atoms with Crippen LogP contribution in [0.1, 0.15) is 20.9 Å². The molecule has 0 amide bonds. The molecule has 0 aliphatic rings. The van der Waals surface area contributed by atoms with Crippen LogP contribution in [-0.2, 0) is 6.61 Å². The largest absolute Gasteiger partial charge is 0.496 e. The molecule has 3 rings (SSSR count). The van der Waals surface area contributed by atoms with Crippen molar-refractivity contribution in [3.05, 3.63) is 64.0 Å². The van der Waals surface area contributed by atoms with Crippen molar-refractivity contribution in [2.24, 2.45) is 0 Å². The summed E-state index contributed by atoms with van der Waals surface area (Å²) in [6.07, 6.45) is 0. The molecule has 0 aliphatic heterocycles. The molecule has 5 nitrogen and oxygen atoms in total. The summed E-state index contributed by atoms with van der Waals surface area (Å²) in [5, 5.41) is 12.4. The Morgan fingerprint density at radius 3 is 2.68 bits per heavy atom. The number of aryl methyl sites for hydroxylation is 1. The highest BCUT2D eigenvalue weighted by atomic mass is 32.1. The van der Waals surface area contributed by atoms with Gasteiger partial charge >= 0.3 is 5.97 Å². The highest BCUT2D eigenvalue weighted by Crippen LogP contribution is 2.29. The zero-order chi connectivity index (χ0) is 17.8. The van der Waals surface area contributed by atoms with E-state index >= 15 is 0 Å². The standard InChI is InChI=1S/C19H17NO4S/c1-12-20-16(11-25-12)13-7-8-18(15(9-13)19(21)22)24-10-14-5-3-4-6-17(14)23-2/h3-9,11H,10H2,1-2H3,(H,21,22). The summed E-state index contributed by atoms with van der Waals surface area (Å²) in [4.78, 5) is 16.0. The number of rotatable bonds is 6. The number of carboxylic acid groups (broad SMARTS) is 1. The van der Waals surface area contributed by atoms with Gasteiger partial charge in [0.2, 0.25) is 0 Å². The van der Waals surface area contributed by atoms with Crippen molar-refractivity contribution < 1.29 is 19.4 Å². The first kappa shape index (κ1) is 17.0. The molecule has 128 valence electrons. The molecule has 0 fully saturated rings. The van der Waals surface area contributed by atoms with E-state index in [1.54, 1.807) is 19.2 Å².